The number of para-hydroxylation sites is 1. The summed E-state index contributed by atoms with van der Waals surface area (Å²) in [6.07, 6.45) is 0. The molecule has 0 saturated carbocycles. The molecule has 0 aliphatic heterocycles. The summed E-state index contributed by atoms with van der Waals surface area (Å²) in [6, 6.07) is 66.2. The van der Waals surface area contributed by atoms with Crippen molar-refractivity contribution in [3.05, 3.63) is 182 Å². The van der Waals surface area contributed by atoms with Gasteiger partial charge in [-0.3, -0.25) is 0 Å². The van der Waals surface area contributed by atoms with Gasteiger partial charge in [-0.15, -0.1) is 11.3 Å². The quantitative estimate of drug-likeness (QED) is 0.169. The zero-order valence-corrected chi connectivity index (χ0v) is 29.0. The van der Waals surface area contributed by atoms with E-state index in [9.17, 15) is 0 Å². The molecule has 0 aliphatic carbocycles. The number of furan rings is 1. The second kappa shape index (κ2) is 11.5. The maximum atomic E-state index is 6.26. The van der Waals surface area contributed by atoms with Crippen molar-refractivity contribution in [3.63, 3.8) is 0 Å². The normalized spacial score (nSPS) is 11.8. The molecule has 0 spiro atoms. The summed E-state index contributed by atoms with van der Waals surface area (Å²) in [5.41, 5.74) is 11.6. The number of hydrogen-bond acceptors (Lipinski definition) is 2. The first-order chi connectivity index (χ1) is 25.8. The van der Waals surface area contributed by atoms with Gasteiger partial charge < -0.3 is 4.42 Å². The summed E-state index contributed by atoms with van der Waals surface area (Å²) >= 11 is 1.87. The highest BCUT2D eigenvalue weighted by Gasteiger charge is 2.19. The summed E-state index contributed by atoms with van der Waals surface area (Å²) in [5.74, 6) is 0. The maximum absolute atomic E-state index is 6.26. The van der Waals surface area contributed by atoms with Crippen LogP contribution in [0.25, 0.3) is 108 Å². The van der Waals surface area contributed by atoms with Gasteiger partial charge in [0.2, 0.25) is 0 Å². The zero-order valence-electron chi connectivity index (χ0n) is 28.1. The summed E-state index contributed by atoms with van der Waals surface area (Å²) in [7, 11) is 0. The molecule has 11 rings (SSSR count). The second-order valence-electron chi connectivity index (χ2n) is 13.6. The Morgan fingerprint density at radius 3 is 1.54 bits per heavy atom. The minimum absolute atomic E-state index is 0.912. The van der Waals surface area contributed by atoms with Crippen LogP contribution in [0.5, 0.6) is 0 Å². The van der Waals surface area contributed by atoms with Crippen LogP contribution in [-0.4, -0.2) is 0 Å². The highest BCUT2D eigenvalue weighted by molar-refractivity contribution is 7.25. The highest BCUT2D eigenvalue weighted by atomic mass is 32.1. The first-order valence-corrected chi connectivity index (χ1v) is 18.6. The largest absolute Gasteiger partial charge is 0.456 e. The van der Waals surface area contributed by atoms with Crippen molar-refractivity contribution in [2.45, 2.75) is 0 Å². The number of thiophene rings is 1. The third-order valence-electron chi connectivity index (χ3n) is 10.7. The van der Waals surface area contributed by atoms with Gasteiger partial charge >= 0.3 is 0 Å². The Labute approximate surface area is 304 Å². The lowest BCUT2D eigenvalue weighted by Gasteiger charge is -2.18. The molecule has 2 heterocycles. The van der Waals surface area contributed by atoms with Crippen molar-refractivity contribution in [1.82, 2.24) is 0 Å². The van der Waals surface area contributed by atoms with Gasteiger partial charge in [-0.05, 0) is 96.4 Å². The fourth-order valence-electron chi connectivity index (χ4n) is 8.42. The van der Waals surface area contributed by atoms with E-state index in [0.717, 1.165) is 21.9 Å². The fraction of sp³-hybridized carbons (Fsp3) is 0. The van der Waals surface area contributed by atoms with E-state index in [1.807, 2.05) is 23.5 Å². The second-order valence-corrected chi connectivity index (χ2v) is 14.6. The van der Waals surface area contributed by atoms with E-state index in [-0.39, 0.29) is 0 Å². The monoisotopic (exact) mass is 678 g/mol. The van der Waals surface area contributed by atoms with Crippen molar-refractivity contribution in [2.75, 3.05) is 0 Å². The SMILES string of the molecule is c1ccc(-c2cccc3oc4ccccc4c23)c(-c2ccc(-c3c4ccccc4c(-c4ccc5sc6ccccc6c5c4)c4ccccc34)cc2)c1. The average molecular weight is 679 g/mol. The Bertz CT molecular complexity index is 3120. The Balaban J connectivity index is 1.08. The fourth-order valence-corrected chi connectivity index (χ4v) is 9.50. The van der Waals surface area contributed by atoms with Crippen LogP contribution in [0.2, 0.25) is 0 Å². The van der Waals surface area contributed by atoms with Gasteiger partial charge in [0.1, 0.15) is 11.2 Å². The molecule has 2 heteroatoms. The predicted octanol–water partition coefficient (Wildman–Crippen LogP) is 14.9. The van der Waals surface area contributed by atoms with Crippen LogP contribution in [0.1, 0.15) is 0 Å². The van der Waals surface area contributed by atoms with E-state index in [1.54, 1.807) is 0 Å². The zero-order chi connectivity index (χ0) is 34.2. The van der Waals surface area contributed by atoms with E-state index in [1.165, 1.54) is 86.2 Å². The molecular weight excluding hydrogens is 649 g/mol. The van der Waals surface area contributed by atoms with Crippen molar-refractivity contribution in [1.29, 1.82) is 0 Å². The van der Waals surface area contributed by atoms with Crippen LogP contribution >= 0.6 is 11.3 Å². The number of fused-ring (bicyclic) bond motifs is 8. The molecule has 0 amide bonds. The molecule has 0 bridgehead atoms. The lowest BCUT2D eigenvalue weighted by atomic mass is 9.85. The molecule has 0 radical (unpaired) electrons. The van der Waals surface area contributed by atoms with Gasteiger partial charge in [0, 0.05) is 30.9 Å². The molecule has 0 saturated heterocycles. The molecule has 2 aromatic heterocycles. The van der Waals surface area contributed by atoms with Gasteiger partial charge in [-0.25, -0.2) is 0 Å². The van der Waals surface area contributed by atoms with Gasteiger partial charge in [-0.1, -0.05) is 152 Å². The van der Waals surface area contributed by atoms with Crippen LogP contribution in [0, 0.1) is 0 Å². The van der Waals surface area contributed by atoms with E-state index in [4.69, 9.17) is 4.42 Å². The van der Waals surface area contributed by atoms with Crippen LogP contribution in [0.4, 0.5) is 0 Å². The van der Waals surface area contributed by atoms with Gasteiger partial charge in [0.05, 0.1) is 0 Å². The topological polar surface area (TPSA) is 13.1 Å². The number of rotatable bonds is 4. The maximum Gasteiger partial charge on any atom is 0.136 e. The molecule has 242 valence electrons. The molecular formula is C50H30OS. The highest BCUT2D eigenvalue weighted by Crippen LogP contribution is 2.46. The van der Waals surface area contributed by atoms with E-state index in [0.29, 0.717) is 0 Å². The minimum atomic E-state index is 0.912. The third-order valence-corrected chi connectivity index (χ3v) is 11.9. The van der Waals surface area contributed by atoms with Gasteiger partial charge in [0.15, 0.2) is 0 Å². The Morgan fingerprint density at radius 2 is 0.808 bits per heavy atom. The van der Waals surface area contributed by atoms with Crippen LogP contribution in [-0.2, 0) is 0 Å². The van der Waals surface area contributed by atoms with Crippen molar-refractivity contribution < 1.29 is 4.42 Å². The molecule has 9 aromatic carbocycles. The van der Waals surface area contributed by atoms with E-state index < -0.39 is 0 Å². The Kier molecular flexibility index (Phi) is 6.49. The Morgan fingerprint density at radius 1 is 0.308 bits per heavy atom. The van der Waals surface area contributed by atoms with Crippen LogP contribution in [0.15, 0.2) is 186 Å². The molecule has 52 heavy (non-hydrogen) atoms. The molecule has 0 N–H and O–H groups in total. The van der Waals surface area contributed by atoms with Crippen molar-refractivity contribution in [3.8, 4) is 44.5 Å². The number of hydrogen-bond donors (Lipinski definition) is 0. The molecule has 11 aromatic rings. The first kappa shape index (κ1) is 29.3. The van der Waals surface area contributed by atoms with Crippen molar-refractivity contribution >= 4 is 75.0 Å². The summed E-state index contributed by atoms with van der Waals surface area (Å²) in [4.78, 5) is 0. The smallest absolute Gasteiger partial charge is 0.136 e. The van der Waals surface area contributed by atoms with Gasteiger partial charge in [0.25, 0.3) is 0 Å². The molecule has 0 fully saturated rings. The third kappa shape index (κ3) is 4.41. The minimum Gasteiger partial charge on any atom is -0.456 e. The van der Waals surface area contributed by atoms with Crippen molar-refractivity contribution in [2.24, 2.45) is 0 Å². The summed E-state index contributed by atoms with van der Waals surface area (Å²) in [5, 5.41) is 10.0. The van der Waals surface area contributed by atoms with E-state index >= 15 is 0 Å². The summed E-state index contributed by atoms with van der Waals surface area (Å²) in [6.45, 7) is 0. The standard InChI is InChI=1S/C50H30OS/c1-2-13-35(37-20-11-22-45-50(37)42-19-7-9-21-44(42)51-45)34(12-1)31-24-26-32(27-25-31)48-38-15-3-5-17-40(38)49(41-18-6-4-16-39(41)48)33-28-29-47-43(30-33)36-14-8-10-23-46(36)52-47/h1-30H. The van der Waals surface area contributed by atoms with E-state index in [2.05, 4.69) is 170 Å². The average Bonchev–Trinajstić information content (AvgIpc) is 3.78. The first-order valence-electron chi connectivity index (χ1n) is 17.8. The summed E-state index contributed by atoms with van der Waals surface area (Å²) < 4.78 is 8.92. The van der Waals surface area contributed by atoms with Crippen LogP contribution < -0.4 is 0 Å². The number of benzene rings is 9. The lowest BCUT2D eigenvalue weighted by molar-refractivity contribution is 0.669. The predicted molar refractivity (Wildman–Crippen MR) is 223 cm³/mol. The Hall–Kier alpha value is -6.48. The molecule has 1 nitrogen and oxygen atoms in total. The lowest BCUT2D eigenvalue weighted by Crippen LogP contribution is -1.91. The van der Waals surface area contributed by atoms with Crippen LogP contribution in [0.3, 0.4) is 0 Å². The molecule has 0 atom stereocenters. The molecule has 0 unspecified atom stereocenters. The molecule has 0 aliphatic rings. The van der Waals surface area contributed by atoms with Gasteiger partial charge in [-0.2, -0.15) is 0 Å².